The van der Waals surface area contributed by atoms with E-state index < -0.39 is 0 Å². The lowest BCUT2D eigenvalue weighted by Crippen LogP contribution is -2.29. The predicted molar refractivity (Wildman–Crippen MR) is 87.5 cm³/mol. The average molecular weight is 295 g/mol. The molecule has 1 aliphatic heterocycles. The van der Waals surface area contributed by atoms with Gasteiger partial charge in [0.2, 0.25) is 0 Å². The van der Waals surface area contributed by atoms with Gasteiger partial charge in [-0.05, 0) is 37.4 Å². The van der Waals surface area contributed by atoms with Crippen LogP contribution in [0.4, 0.5) is 0 Å². The molecule has 1 fully saturated rings. The lowest BCUT2D eigenvalue weighted by atomic mass is 10.0. The molecule has 2 aromatic rings. The Bertz CT molecular complexity index is 666. The van der Waals surface area contributed by atoms with Gasteiger partial charge in [-0.15, -0.1) is 0 Å². The maximum Gasteiger partial charge on any atom is 0.255 e. The van der Waals surface area contributed by atoms with E-state index in [2.05, 4.69) is 36.2 Å². The van der Waals surface area contributed by atoms with Crippen LogP contribution in [-0.4, -0.2) is 35.4 Å². The number of hydrogen-bond acceptors (Lipinski definition) is 3. The summed E-state index contributed by atoms with van der Waals surface area (Å²) in [5, 5.41) is 0. The molecule has 3 rings (SSSR count). The minimum absolute atomic E-state index is 0.0532. The summed E-state index contributed by atoms with van der Waals surface area (Å²) >= 11 is 0. The first-order valence-electron chi connectivity index (χ1n) is 7.69. The Morgan fingerprint density at radius 3 is 2.73 bits per heavy atom. The van der Waals surface area contributed by atoms with Crippen LogP contribution in [0.3, 0.4) is 0 Å². The van der Waals surface area contributed by atoms with Crippen LogP contribution in [0.5, 0.6) is 0 Å². The van der Waals surface area contributed by atoms with Crippen LogP contribution >= 0.6 is 0 Å². The molecule has 2 heterocycles. The van der Waals surface area contributed by atoms with Crippen molar-refractivity contribution in [1.82, 2.24) is 9.88 Å². The van der Waals surface area contributed by atoms with E-state index in [-0.39, 0.29) is 5.91 Å². The second kappa shape index (κ2) is 6.28. The van der Waals surface area contributed by atoms with Gasteiger partial charge in [0.05, 0.1) is 5.56 Å². The van der Waals surface area contributed by atoms with Gasteiger partial charge in [-0.2, -0.15) is 0 Å². The summed E-state index contributed by atoms with van der Waals surface area (Å²) < 4.78 is 0. The van der Waals surface area contributed by atoms with E-state index in [4.69, 9.17) is 5.73 Å². The summed E-state index contributed by atoms with van der Waals surface area (Å²) in [5.74, 6) is 0.481. The molecule has 22 heavy (non-hydrogen) atoms. The van der Waals surface area contributed by atoms with E-state index in [9.17, 15) is 4.79 Å². The Kier molecular flexibility index (Phi) is 4.20. The fraction of sp³-hybridized carbons (Fsp3) is 0.333. The molecule has 0 radical (unpaired) electrons. The number of carbonyl (C=O) groups is 1. The average Bonchev–Trinajstić information content (AvgIpc) is 3.04. The lowest BCUT2D eigenvalue weighted by Gasteiger charge is -2.16. The van der Waals surface area contributed by atoms with Crippen LogP contribution < -0.4 is 5.73 Å². The van der Waals surface area contributed by atoms with Gasteiger partial charge >= 0.3 is 0 Å². The molecule has 0 saturated carbocycles. The summed E-state index contributed by atoms with van der Waals surface area (Å²) in [5.41, 5.74) is 9.61. The van der Waals surface area contributed by atoms with Crippen molar-refractivity contribution in [2.45, 2.75) is 13.3 Å². The van der Waals surface area contributed by atoms with Crippen LogP contribution in [0.25, 0.3) is 11.1 Å². The highest BCUT2D eigenvalue weighted by Gasteiger charge is 2.26. The summed E-state index contributed by atoms with van der Waals surface area (Å²) in [7, 11) is 0. The molecule has 1 unspecified atom stereocenters. The molecule has 1 aliphatic rings. The third-order valence-electron chi connectivity index (χ3n) is 4.28. The SMILES string of the molecule is Cc1ccc(-c2cncc(C(=O)N3CCC(CN)C3)c2)cc1. The highest BCUT2D eigenvalue weighted by molar-refractivity contribution is 5.95. The van der Waals surface area contributed by atoms with Crippen molar-refractivity contribution in [2.75, 3.05) is 19.6 Å². The summed E-state index contributed by atoms with van der Waals surface area (Å²) in [6.45, 7) is 4.24. The Balaban J connectivity index is 1.82. The zero-order valence-corrected chi connectivity index (χ0v) is 12.8. The molecule has 4 heteroatoms. The quantitative estimate of drug-likeness (QED) is 0.946. The second-order valence-electron chi connectivity index (χ2n) is 5.97. The maximum atomic E-state index is 12.6. The van der Waals surface area contributed by atoms with Crippen LogP contribution in [0.2, 0.25) is 0 Å². The highest BCUT2D eigenvalue weighted by atomic mass is 16.2. The van der Waals surface area contributed by atoms with Crippen LogP contribution in [0, 0.1) is 12.8 Å². The van der Waals surface area contributed by atoms with Crippen molar-refractivity contribution in [3.05, 3.63) is 53.9 Å². The molecule has 1 aromatic carbocycles. The first-order valence-corrected chi connectivity index (χ1v) is 7.69. The fourth-order valence-corrected chi connectivity index (χ4v) is 2.85. The zero-order chi connectivity index (χ0) is 15.5. The number of pyridine rings is 1. The van der Waals surface area contributed by atoms with Crippen molar-refractivity contribution < 1.29 is 4.79 Å². The van der Waals surface area contributed by atoms with Gasteiger partial charge in [-0.3, -0.25) is 9.78 Å². The van der Waals surface area contributed by atoms with E-state index in [0.717, 1.165) is 30.6 Å². The first kappa shape index (κ1) is 14.7. The monoisotopic (exact) mass is 295 g/mol. The molecule has 1 amide bonds. The molecule has 1 saturated heterocycles. The van der Waals surface area contributed by atoms with E-state index in [0.29, 0.717) is 18.0 Å². The molecular weight excluding hydrogens is 274 g/mol. The lowest BCUT2D eigenvalue weighted by molar-refractivity contribution is 0.0787. The summed E-state index contributed by atoms with van der Waals surface area (Å²) in [6.07, 6.45) is 4.44. The van der Waals surface area contributed by atoms with E-state index in [1.165, 1.54) is 5.56 Å². The smallest absolute Gasteiger partial charge is 0.255 e. The number of aryl methyl sites for hydroxylation is 1. The number of likely N-dealkylation sites (tertiary alicyclic amines) is 1. The van der Waals surface area contributed by atoms with Crippen molar-refractivity contribution >= 4 is 5.91 Å². The van der Waals surface area contributed by atoms with Crippen molar-refractivity contribution in [1.29, 1.82) is 0 Å². The summed E-state index contributed by atoms with van der Waals surface area (Å²) in [6, 6.07) is 10.2. The maximum absolute atomic E-state index is 12.6. The molecule has 1 aromatic heterocycles. The van der Waals surface area contributed by atoms with Gasteiger partial charge in [0, 0.05) is 31.0 Å². The highest BCUT2D eigenvalue weighted by Crippen LogP contribution is 2.22. The van der Waals surface area contributed by atoms with Crippen LogP contribution in [-0.2, 0) is 0 Å². The molecule has 4 nitrogen and oxygen atoms in total. The van der Waals surface area contributed by atoms with Gasteiger partial charge < -0.3 is 10.6 Å². The van der Waals surface area contributed by atoms with Crippen molar-refractivity contribution in [2.24, 2.45) is 11.7 Å². The van der Waals surface area contributed by atoms with Crippen LogP contribution in [0.1, 0.15) is 22.3 Å². The topological polar surface area (TPSA) is 59.2 Å². The van der Waals surface area contributed by atoms with E-state index >= 15 is 0 Å². The minimum atomic E-state index is 0.0532. The van der Waals surface area contributed by atoms with Gasteiger partial charge in [0.15, 0.2) is 0 Å². The summed E-state index contributed by atoms with van der Waals surface area (Å²) in [4.78, 5) is 18.7. The standard InChI is InChI=1S/C18H21N3O/c1-13-2-4-15(5-3-13)16-8-17(11-20-10-16)18(22)21-7-6-14(9-19)12-21/h2-5,8,10-11,14H,6-7,9,12,19H2,1H3. The molecular formula is C18H21N3O. The third kappa shape index (κ3) is 3.02. The number of carbonyl (C=O) groups excluding carboxylic acids is 1. The number of benzene rings is 1. The van der Waals surface area contributed by atoms with Gasteiger partial charge in [-0.1, -0.05) is 29.8 Å². The number of aromatic nitrogens is 1. The molecule has 2 N–H and O–H groups in total. The number of nitrogens with two attached hydrogens (primary N) is 1. The normalized spacial score (nSPS) is 17.7. The molecule has 0 spiro atoms. The van der Waals surface area contributed by atoms with Gasteiger partial charge in [0.1, 0.15) is 0 Å². The number of nitrogens with zero attached hydrogens (tertiary/aromatic N) is 2. The molecule has 1 atom stereocenters. The van der Waals surface area contributed by atoms with E-state index in [1.54, 1.807) is 12.4 Å². The Morgan fingerprint density at radius 2 is 2.05 bits per heavy atom. The number of amides is 1. The third-order valence-corrected chi connectivity index (χ3v) is 4.28. The van der Waals surface area contributed by atoms with Crippen molar-refractivity contribution in [3.8, 4) is 11.1 Å². The zero-order valence-electron chi connectivity index (χ0n) is 12.8. The van der Waals surface area contributed by atoms with Crippen molar-refractivity contribution in [3.63, 3.8) is 0 Å². The molecule has 0 aliphatic carbocycles. The Labute approximate surface area is 131 Å². The number of hydrogen-bond donors (Lipinski definition) is 1. The second-order valence-corrected chi connectivity index (χ2v) is 5.97. The van der Waals surface area contributed by atoms with Crippen LogP contribution in [0.15, 0.2) is 42.7 Å². The molecule has 114 valence electrons. The fourth-order valence-electron chi connectivity index (χ4n) is 2.85. The predicted octanol–water partition coefficient (Wildman–Crippen LogP) is 2.48. The largest absolute Gasteiger partial charge is 0.338 e. The van der Waals surface area contributed by atoms with Gasteiger partial charge in [0.25, 0.3) is 5.91 Å². The molecule has 0 bridgehead atoms. The van der Waals surface area contributed by atoms with E-state index in [1.807, 2.05) is 11.0 Å². The Morgan fingerprint density at radius 1 is 1.27 bits per heavy atom. The van der Waals surface area contributed by atoms with Gasteiger partial charge in [-0.25, -0.2) is 0 Å². The minimum Gasteiger partial charge on any atom is -0.338 e. The number of rotatable bonds is 3. The first-order chi connectivity index (χ1) is 10.7. The Hall–Kier alpha value is -2.20.